The highest BCUT2D eigenvalue weighted by Gasteiger charge is 2.22. The highest BCUT2D eigenvalue weighted by molar-refractivity contribution is 5.53. The molecule has 0 aromatic rings. The zero-order chi connectivity index (χ0) is 9.52. The van der Waals surface area contributed by atoms with Crippen LogP contribution in [0.5, 0.6) is 0 Å². The van der Waals surface area contributed by atoms with Crippen molar-refractivity contribution >= 4 is 6.29 Å². The van der Waals surface area contributed by atoms with Gasteiger partial charge in [0.05, 0.1) is 0 Å². The van der Waals surface area contributed by atoms with Crippen LogP contribution in [0.2, 0.25) is 0 Å². The minimum Gasteiger partial charge on any atom is -0.303 e. The molecule has 1 unspecified atom stereocenters. The molecule has 1 aliphatic carbocycles. The van der Waals surface area contributed by atoms with Gasteiger partial charge in [-0.3, -0.25) is 0 Å². The first-order valence-electron chi connectivity index (χ1n) is 5.83. The summed E-state index contributed by atoms with van der Waals surface area (Å²) in [6.07, 6.45) is 11.5. The minimum atomic E-state index is 0.375. The van der Waals surface area contributed by atoms with E-state index in [-0.39, 0.29) is 0 Å². The Morgan fingerprint density at radius 1 is 1.31 bits per heavy atom. The van der Waals surface area contributed by atoms with Crippen LogP contribution in [0.1, 0.15) is 58.3 Å². The molecule has 0 amide bonds. The number of carbonyl (C=O) groups excluding carboxylic acids is 1. The molecule has 0 spiro atoms. The van der Waals surface area contributed by atoms with Crippen molar-refractivity contribution in [3.8, 4) is 0 Å². The topological polar surface area (TPSA) is 17.1 Å². The van der Waals surface area contributed by atoms with Gasteiger partial charge < -0.3 is 4.79 Å². The van der Waals surface area contributed by atoms with Crippen LogP contribution in [0, 0.1) is 11.8 Å². The summed E-state index contributed by atoms with van der Waals surface area (Å²) in [6, 6.07) is 0. The van der Waals surface area contributed by atoms with Gasteiger partial charge in [-0.15, -0.1) is 0 Å². The van der Waals surface area contributed by atoms with Crippen LogP contribution < -0.4 is 0 Å². The van der Waals surface area contributed by atoms with E-state index >= 15 is 0 Å². The fourth-order valence-electron chi connectivity index (χ4n) is 2.42. The van der Waals surface area contributed by atoms with E-state index in [1.807, 2.05) is 0 Å². The molecule has 1 fully saturated rings. The first-order valence-corrected chi connectivity index (χ1v) is 5.83. The largest absolute Gasteiger partial charge is 0.303 e. The highest BCUT2D eigenvalue weighted by atomic mass is 16.1. The number of aldehydes is 1. The van der Waals surface area contributed by atoms with E-state index in [0.717, 1.165) is 12.3 Å². The molecule has 1 saturated carbocycles. The van der Waals surface area contributed by atoms with Crippen molar-refractivity contribution in [1.29, 1.82) is 0 Å². The number of carbonyl (C=O) groups is 1. The van der Waals surface area contributed by atoms with Crippen molar-refractivity contribution in [2.45, 2.75) is 58.3 Å². The summed E-state index contributed by atoms with van der Waals surface area (Å²) in [7, 11) is 0. The maximum atomic E-state index is 10.9. The molecule has 0 N–H and O–H groups in total. The molecular formula is C12H22O. The van der Waals surface area contributed by atoms with Gasteiger partial charge in [0, 0.05) is 5.92 Å². The summed E-state index contributed by atoms with van der Waals surface area (Å²) < 4.78 is 0. The molecular weight excluding hydrogens is 160 g/mol. The van der Waals surface area contributed by atoms with Gasteiger partial charge in [-0.2, -0.15) is 0 Å². The average Bonchev–Trinajstić information content (AvgIpc) is 2.21. The minimum absolute atomic E-state index is 0.375. The van der Waals surface area contributed by atoms with Crippen LogP contribution in [0.15, 0.2) is 0 Å². The Bertz CT molecular complexity index is 136. The standard InChI is InChI=1S/C12H22O/c1-2-3-7-12(10-13)11-8-5-4-6-9-11/h10-12H,2-9H2,1H3. The molecule has 0 aromatic carbocycles. The second-order valence-electron chi connectivity index (χ2n) is 4.34. The van der Waals surface area contributed by atoms with Crippen LogP contribution in [-0.4, -0.2) is 6.29 Å². The van der Waals surface area contributed by atoms with Gasteiger partial charge in [0.1, 0.15) is 6.29 Å². The van der Waals surface area contributed by atoms with Crippen molar-refractivity contribution in [1.82, 2.24) is 0 Å². The normalized spacial score (nSPS) is 21.3. The number of unbranched alkanes of at least 4 members (excludes halogenated alkanes) is 1. The molecule has 76 valence electrons. The summed E-state index contributed by atoms with van der Waals surface area (Å²) >= 11 is 0. The third kappa shape index (κ3) is 3.50. The Hall–Kier alpha value is -0.330. The van der Waals surface area contributed by atoms with Gasteiger partial charge in [0.15, 0.2) is 0 Å². The summed E-state index contributed by atoms with van der Waals surface area (Å²) in [6.45, 7) is 2.20. The van der Waals surface area contributed by atoms with Gasteiger partial charge in [-0.1, -0.05) is 39.0 Å². The zero-order valence-corrected chi connectivity index (χ0v) is 8.80. The SMILES string of the molecule is CCCCC(C=O)C1CCCCC1. The van der Waals surface area contributed by atoms with Gasteiger partial charge in [0.2, 0.25) is 0 Å². The molecule has 0 aliphatic heterocycles. The summed E-state index contributed by atoms with van der Waals surface area (Å²) in [4.78, 5) is 10.9. The number of hydrogen-bond acceptors (Lipinski definition) is 1. The molecule has 0 radical (unpaired) electrons. The van der Waals surface area contributed by atoms with Crippen molar-refractivity contribution in [3.63, 3.8) is 0 Å². The molecule has 1 heteroatoms. The molecule has 0 saturated heterocycles. The predicted octanol–water partition coefficient (Wildman–Crippen LogP) is 3.57. The van der Waals surface area contributed by atoms with Crippen molar-refractivity contribution in [3.05, 3.63) is 0 Å². The third-order valence-electron chi connectivity index (χ3n) is 3.32. The predicted molar refractivity (Wildman–Crippen MR) is 55.7 cm³/mol. The summed E-state index contributed by atoms with van der Waals surface area (Å²) in [5.41, 5.74) is 0. The van der Waals surface area contributed by atoms with E-state index in [2.05, 4.69) is 6.92 Å². The number of rotatable bonds is 5. The maximum Gasteiger partial charge on any atom is 0.123 e. The molecule has 0 bridgehead atoms. The molecule has 1 atom stereocenters. The van der Waals surface area contributed by atoms with Crippen molar-refractivity contribution < 1.29 is 4.79 Å². The Balaban J connectivity index is 2.30. The first kappa shape index (κ1) is 10.7. The maximum absolute atomic E-state index is 10.9. The third-order valence-corrected chi connectivity index (χ3v) is 3.32. The monoisotopic (exact) mass is 182 g/mol. The lowest BCUT2D eigenvalue weighted by atomic mass is 9.78. The number of hydrogen-bond donors (Lipinski definition) is 0. The van der Waals surface area contributed by atoms with Gasteiger partial charge in [-0.05, 0) is 25.2 Å². The Morgan fingerprint density at radius 2 is 2.00 bits per heavy atom. The van der Waals surface area contributed by atoms with Crippen LogP contribution in [0.3, 0.4) is 0 Å². The fraction of sp³-hybridized carbons (Fsp3) is 0.917. The van der Waals surface area contributed by atoms with Crippen LogP contribution in [-0.2, 0) is 4.79 Å². The molecule has 0 aromatic heterocycles. The van der Waals surface area contributed by atoms with Crippen LogP contribution >= 0.6 is 0 Å². The zero-order valence-electron chi connectivity index (χ0n) is 8.80. The molecule has 0 heterocycles. The van der Waals surface area contributed by atoms with E-state index < -0.39 is 0 Å². The lowest BCUT2D eigenvalue weighted by Gasteiger charge is -2.26. The molecule has 1 aliphatic rings. The first-order chi connectivity index (χ1) is 6.38. The second kappa shape index (κ2) is 6.17. The van der Waals surface area contributed by atoms with Crippen molar-refractivity contribution in [2.75, 3.05) is 0 Å². The quantitative estimate of drug-likeness (QED) is 0.594. The van der Waals surface area contributed by atoms with E-state index in [1.54, 1.807) is 0 Å². The van der Waals surface area contributed by atoms with Crippen LogP contribution in [0.4, 0.5) is 0 Å². The van der Waals surface area contributed by atoms with Gasteiger partial charge in [0.25, 0.3) is 0 Å². The van der Waals surface area contributed by atoms with E-state index in [4.69, 9.17) is 0 Å². The Morgan fingerprint density at radius 3 is 2.54 bits per heavy atom. The molecule has 1 nitrogen and oxygen atoms in total. The van der Waals surface area contributed by atoms with E-state index in [1.165, 1.54) is 51.2 Å². The summed E-state index contributed by atoms with van der Waals surface area (Å²) in [5, 5.41) is 0. The average molecular weight is 182 g/mol. The van der Waals surface area contributed by atoms with Crippen molar-refractivity contribution in [2.24, 2.45) is 11.8 Å². The molecule has 13 heavy (non-hydrogen) atoms. The van der Waals surface area contributed by atoms with E-state index in [9.17, 15) is 4.79 Å². The summed E-state index contributed by atoms with van der Waals surface area (Å²) in [5.74, 6) is 1.10. The molecule has 1 rings (SSSR count). The lowest BCUT2D eigenvalue weighted by molar-refractivity contribution is -0.113. The van der Waals surface area contributed by atoms with Gasteiger partial charge in [-0.25, -0.2) is 0 Å². The van der Waals surface area contributed by atoms with Crippen LogP contribution in [0.25, 0.3) is 0 Å². The van der Waals surface area contributed by atoms with E-state index in [0.29, 0.717) is 5.92 Å². The smallest absolute Gasteiger partial charge is 0.123 e. The second-order valence-corrected chi connectivity index (χ2v) is 4.34. The Kier molecular flexibility index (Phi) is 5.10. The lowest BCUT2D eigenvalue weighted by Crippen LogP contribution is -2.19. The van der Waals surface area contributed by atoms with Gasteiger partial charge >= 0.3 is 0 Å². The fourth-order valence-corrected chi connectivity index (χ4v) is 2.42. The Labute approximate surface area is 81.9 Å². The highest BCUT2D eigenvalue weighted by Crippen LogP contribution is 2.31.